The van der Waals surface area contributed by atoms with Gasteiger partial charge in [0, 0.05) is 12.2 Å². The average Bonchev–Trinajstić information content (AvgIpc) is 2.30. The second-order valence-corrected chi connectivity index (χ2v) is 7.72. The van der Waals surface area contributed by atoms with Gasteiger partial charge in [-0.05, 0) is 13.8 Å². The second kappa shape index (κ2) is 5.92. The third-order valence-electron chi connectivity index (χ3n) is 2.40. The first kappa shape index (κ1) is 14.6. The number of nitrogens with zero attached hydrogens (tertiary/aromatic N) is 1. The highest BCUT2D eigenvalue weighted by Gasteiger charge is 2.56. The van der Waals surface area contributed by atoms with E-state index < -0.39 is 22.9 Å². The van der Waals surface area contributed by atoms with Crippen molar-refractivity contribution in [3.8, 4) is 6.07 Å². The first-order valence-corrected chi connectivity index (χ1v) is 8.26. The molecule has 0 N–H and O–H groups in total. The molecule has 0 aliphatic carbocycles. The molecule has 1 aliphatic rings. The predicted octanol–water partition coefficient (Wildman–Crippen LogP) is 2.18. The van der Waals surface area contributed by atoms with Gasteiger partial charge in [-0.2, -0.15) is 5.26 Å². The highest BCUT2D eigenvalue weighted by atomic mass is 32.2. The Morgan fingerprint density at radius 2 is 2.00 bits per heavy atom. The molecule has 5 nitrogen and oxygen atoms in total. The maximum Gasteiger partial charge on any atom is 0.363 e. The van der Waals surface area contributed by atoms with E-state index in [4.69, 9.17) is 9.05 Å². The summed E-state index contributed by atoms with van der Waals surface area (Å²) in [5.41, 5.74) is 0. The maximum atomic E-state index is 12.6. The summed E-state index contributed by atoms with van der Waals surface area (Å²) in [6, 6.07) is 1.91. The van der Waals surface area contributed by atoms with E-state index in [1.165, 1.54) is 0 Å². The second-order valence-electron chi connectivity index (χ2n) is 3.42. The van der Waals surface area contributed by atoms with Crippen LogP contribution in [0.4, 0.5) is 0 Å². The van der Waals surface area contributed by atoms with Crippen molar-refractivity contribution >= 4 is 18.4 Å². The predicted molar refractivity (Wildman–Crippen MR) is 66.0 cm³/mol. The molecule has 1 aliphatic heterocycles. The molecule has 0 spiro atoms. The van der Waals surface area contributed by atoms with Gasteiger partial charge in [0.1, 0.15) is 0 Å². The van der Waals surface area contributed by atoms with Crippen LogP contribution < -0.4 is 0 Å². The summed E-state index contributed by atoms with van der Waals surface area (Å²) in [4.78, 5) is 0. The van der Waals surface area contributed by atoms with Gasteiger partial charge in [0.15, 0.2) is 0 Å². The Balaban J connectivity index is 3.22. The van der Waals surface area contributed by atoms with Crippen LogP contribution in [0.5, 0.6) is 0 Å². The van der Waals surface area contributed by atoms with Gasteiger partial charge in [-0.3, -0.25) is 8.77 Å². The van der Waals surface area contributed by atoms with Gasteiger partial charge in [-0.15, -0.1) is 0 Å². The molecule has 0 saturated heterocycles. The summed E-state index contributed by atoms with van der Waals surface area (Å²) in [7, 11) is -5.26. The van der Waals surface area contributed by atoms with Crippen molar-refractivity contribution in [2.24, 2.45) is 0 Å². The molecular formula is C10H16NO4PS. The zero-order valence-corrected chi connectivity index (χ0v) is 11.6. The Morgan fingerprint density at radius 1 is 1.41 bits per heavy atom. The number of nitriles is 1. The molecular weight excluding hydrogens is 261 g/mol. The van der Waals surface area contributed by atoms with Crippen LogP contribution in [-0.2, 0) is 24.4 Å². The average molecular weight is 277 g/mol. The third-order valence-corrected chi connectivity index (χ3v) is 7.55. The molecule has 0 radical (unpaired) electrons. The lowest BCUT2D eigenvalue weighted by molar-refractivity contribution is 0.213. The molecule has 0 aromatic heterocycles. The third kappa shape index (κ3) is 2.53. The normalized spacial score (nSPS) is 28.9. The number of rotatable bonds is 5. The zero-order chi connectivity index (χ0) is 12.9. The topological polar surface area (TPSA) is 76.4 Å². The minimum Gasteiger partial charge on any atom is -0.307 e. The highest BCUT2D eigenvalue weighted by Crippen LogP contribution is 2.63. The van der Waals surface area contributed by atoms with Crippen molar-refractivity contribution in [1.29, 1.82) is 5.26 Å². The first-order chi connectivity index (χ1) is 8.06. The molecule has 17 heavy (non-hydrogen) atoms. The summed E-state index contributed by atoms with van der Waals surface area (Å²) in [5, 5.41) is 9.29. The van der Waals surface area contributed by atoms with Crippen LogP contribution in [0.15, 0.2) is 12.2 Å². The van der Waals surface area contributed by atoms with Crippen molar-refractivity contribution in [2.45, 2.75) is 24.8 Å². The van der Waals surface area contributed by atoms with Crippen LogP contribution in [0.3, 0.4) is 0 Å². The van der Waals surface area contributed by atoms with Gasteiger partial charge in [-0.25, -0.2) is 0 Å². The minimum atomic E-state index is -3.69. The summed E-state index contributed by atoms with van der Waals surface area (Å²) in [6.07, 6.45) is 3.55. The largest absolute Gasteiger partial charge is 0.363 e. The molecule has 2 unspecified atom stereocenters. The van der Waals surface area contributed by atoms with Gasteiger partial charge in [-0.1, -0.05) is 12.2 Å². The molecule has 0 aromatic carbocycles. The standard InChI is InChI=1S/C10H16NO4PS/c1-3-14-16(12,15-4-2)10(9-11)7-5-6-8-17(10)13/h5-6H,3-4,7-8H2,1-2H3. The van der Waals surface area contributed by atoms with Gasteiger partial charge in [0.05, 0.1) is 30.1 Å². The van der Waals surface area contributed by atoms with Crippen LogP contribution in [0, 0.1) is 11.3 Å². The maximum absolute atomic E-state index is 12.6. The quantitative estimate of drug-likeness (QED) is 0.568. The van der Waals surface area contributed by atoms with Crippen LogP contribution in [-0.4, -0.2) is 27.7 Å². The van der Waals surface area contributed by atoms with E-state index in [9.17, 15) is 14.0 Å². The molecule has 0 saturated carbocycles. The van der Waals surface area contributed by atoms with Crippen molar-refractivity contribution in [2.75, 3.05) is 19.0 Å². The smallest absolute Gasteiger partial charge is 0.307 e. The molecule has 2 atom stereocenters. The Hall–Kier alpha value is -0.470. The van der Waals surface area contributed by atoms with Crippen LogP contribution in [0.1, 0.15) is 20.3 Å². The Bertz CT molecular complexity index is 407. The summed E-state index contributed by atoms with van der Waals surface area (Å²) < 4.78 is 33.4. The number of allylic oxidation sites excluding steroid dienone is 1. The Morgan fingerprint density at radius 3 is 2.41 bits per heavy atom. The summed E-state index contributed by atoms with van der Waals surface area (Å²) >= 11 is 0. The molecule has 0 fully saturated rings. The Labute approximate surface area is 104 Å². The fourth-order valence-electron chi connectivity index (χ4n) is 1.61. The van der Waals surface area contributed by atoms with Crippen LogP contribution in [0.2, 0.25) is 0 Å². The van der Waals surface area contributed by atoms with E-state index in [0.717, 1.165) is 0 Å². The number of hydrogen-bond donors (Lipinski definition) is 0. The fourth-order valence-corrected chi connectivity index (χ4v) is 5.74. The van der Waals surface area contributed by atoms with Gasteiger partial charge < -0.3 is 9.05 Å². The van der Waals surface area contributed by atoms with E-state index in [2.05, 4.69) is 0 Å². The van der Waals surface area contributed by atoms with Crippen molar-refractivity contribution < 1.29 is 17.8 Å². The monoisotopic (exact) mass is 277 g/mol. The lowest BCUT2D eigenvalue weighted by Gasteiger charge is -2.33. The van der Waals surface area contributed by atoms with E-state index in [0.29, 0.717) is 0 Å². The van der Waals surface area contributed by atoms with Crippen LogP contribution in [0.25, 0.3) is 0 Å². The molecule has 1 heterocycles. The lowest BCUT2D eigenvalue weighted by Crippen LogP contribution is -2.37. The van der Waals surface area contributed by atoms with Crippen molar-refractivity contribution in [3.05, 3.63) is 12.2 Å². The van der Waals surface area contributed by atoms with Crippen LogP contribution >= 0.6 is 7.60 Å². The lowest BCUT2D eigenvalue weighted by atomic mass is 10.3. The summed E-state index contributed by atoms with van der Waals surface area (Å²) in [6.45, 7) is 3.64. The molecule has 0 aromatic rings. The number of hydrogen-bond acceptors (Lipinski definition) is 5. The molecule has 0 bridgehead atoms. The van der Waals surface area contributed by atoms with Gasteiger partial charge >= 0.3 is 7.60 Å². The fraction of sp³-hybridized carbons (Fsp3) is 0.700. The SMILES string of the molecule is CCOP(=O)(OCC)C1(C#N)CC=CCS1=O. The molecule has 0 amide bonds. The van der Waals surface area contributed by atoms with Crippen molar-refractivity contribution in [1.82, 2.24) is 0 Å². The molecule has 96 valence electrons. The van der Waals surface area contributed by atoms with E-state index >= 15 is 0 Å². The Kier molecular flexibility index (Phi) is 5.08. The van der Waals surface area contributed by atoms with Gasteiger partial charge in [0.25, 0.3) is 0 Å². The minimum absolute atomic E-state index is 0.132. The highest BCUT2D eigenvalue weighted by molar-refractivity contribution is 7.95. The van der Waals surface area contributed by atoms with E-state index in [-0.39, 0.29) is 25.4 Å². The zero-order valence-electron chi connectivity index (χ0n) is 9.92. The van der Waals surface area contributed by atoms with E-state index in [1.807, 2.05) is 6.07 Å². The summed E-state index contributed by atoms with van der Waals surface area (Å²) in [5.74, 6) is 0.206. The van der Waals surface area contributed by atoms with Gasteiger partial charge in [0.2, 0.25) is 4.49 Å². The van der Waals surface area contributed by atoms with Crippen molar-refractivity contribution in [3.63, 3.8) is 0 Å². The first-order valence-electron chi connectivity index (χ1n) is 5.40. The molecule has 1 rings (SSSR count). The molecule has 7 heteroatoms. The van der Waals surface area contributed by atoms with E-state index in [1.54, 1.807) is 26.0 Å².